The van der Waals surface area contributed by atoms with Crippen molar-refractivity contribution in [2.45, 2.75) is 59.9 Å². The van der Waals surface area contributed by atoms with Gasteiger partial charge >= 0.3 is 0 Å². The molecular formula is C16H34N2. The molecule has 0 radical (unpaired) electrons. The topological polar surface area (TPSA) is 6.48 Å². The van der Waals surface area contributed by atoms with Crippen molar-refractivity contribution < 1.29 is 0 Å². The third-order valence-corrected chi connectivity index (χ3v) is 4.97. The molecule has 1 unspecified atom stereocenters. The van der Waals surface area contributed by atoms with Gasteiger partial charge in [-0.3, -0.25) is 4.90 Å². The van der Waals surface area contributed by atoms with E-state index in [9.17, 15) is 0 Å². The van der Waals surface area contributed by atoms with Crippen LogP contribution < -0.4 is 0 Å². The largest absolute Gasteiger partial charge is 0.304 e. The molecule has 0 bridgehead atoms. The van der Waals surface area contributed by atoms with Crippen LogP contribution in [0, 0.1) is 11.3 Å². The first-order chi connectivity index (χ1) is 8.44. The number of nitrogens with zero attached hydrogens (tertiary/aromatic N) is 2. The van der Waals surface area contributed by atoms with Crippen molar-refractivity contribution in [1.29, 1.82) is 0 Å². The van der Waals surface area contributed by atoms with Gasteiger partial charge in [0.05, 0.1) is 0 Å². The van der Waals surface area contributed by atoms with E-state index in [0.29, 0.717) is 5.41 Å². The Bertz CT molecular complexity index is 233. The first-order valence-corrected chi connectivity index (χ1v) is 7.87. The zero-order valence-electron chi connectivity index (χ0n) is 13.5. The molecule has 0 amide bonds. The third-order valence-electron chi connectivity index (χ3n) is 4.97. The maximum atomic E-state index is 2.70. The molecule has 0 aliphatic carbocycles. The van der Waals surface area contributed by atoms with Crippen LogP contribution in [0.5, 0.6) is 0 Å². The summed E-state index contributed by atoms with van der Waals surface area (Å²) in [5.41, 5.74) is 0.432. The standard InChI is InChI=1S/C16H34N2/c1-7-14(8-2)12-16(4,5)15-13-17(6)10-11-18(15)9-3/h14-15H,7-13H2,1-6H3. The van der Waals surface area contributed by atoms with Gasteiger partial charge in [-0.05, 0) is 31.3 Å². The first kappa shape index (κ1) is 16.0. The fourth-order valence-corrected chi connectivity index (χ4v) is 3.53. The van der Waals surface area contributed by atoms with Crippen molar-refractivity contribution in [1.82, 2.24) is 9.80 Å². The summed E-state index contributed by atoms with van der Waals surface area (Å²) >= 11 is 0. The molecular weight excluding hydrogens is 220 g/mol. The summed E-state index contributed by atoms with van der Waals surface area (Å²) in [4.78, 5) is 5.20. The molecule has 1 saturated heterocycles. The molecule has 0 aromatic heterocycles. The molecule has 0 saturated carbocycles. The van der Waals surface area contributed by atoms with Crippen molar-refractivity contribution in [3.63, 3.8) is 0 Å². The molecule has 108 valence electrons. The lowest BCUT2D eigenvalue weighted by atomic mass is 9.74. The molecule has 2 nitrogen and oxygen atoms in total. The normalized spacial score (nSPS) is 23.8. The molecule has 1 aliphatic heterocycles. The summed E-state index contributed by atoms with van der Waals surface area (Å²) < 4.78 is 0. The van der Waals surface area contributed by atoms with Gasteiger partial charge in [-0.15, -0.1) is 0 Å². The van der Waals surface area contributed by atoms with E-state index in [1.807, 2.05) is 0 Å². The van der Waals surface area contributed by atoms with Crippen LogP contribution in [0.15, 0.2) is 0 Å². The minimum Gasteiger partial charge on any atom is -0.304 e. The van der Waals surface area contributed by atoms with Gasteiger partial charge in [0.2, 0.25) is 0 Å². The molecule has 0 aromatic carbocycles. The van der Waals surface area contributed by atoms with Crippen molar-refractivity contribution in [2.75, 3.05) is 33.2 Å². The highest BCUT2D eigenvalue weighted by atomic mass is 15.3. The highest BCUT2D eigenvalue weighted by molar-refractivity contribution is 4.92. The van der Waals surface area contributed by atoms with Gasteiger partial charge in [0.15, 0.2) is 0 Å². The van der Waals surface area contributed by atoms with Crippen molar-refractivity contribution in [3.8, 4) is 0 Å². The predicted octanol–water partition coefficient (Wildman–Crippen LogP) is 3.47. The lowest BCUT2D eigenvalue weighted by molar-refractivity contribution is 0.00939. The highest BCUT2D eigenvalue weighted by Gasteiger charge is 2.37. The second-order valence-electron chi connectivity index (χ2n) is 6.78. The zero-order valence-corrected chi connectivity index (χ0v) is 13.5. The maximum Gasteiger partial charge on any atom is 0.0274 e. The molecule has 1 rings (SSSR count). The van der Waals surface area contributed by atoms with E-state index in [1.165, 1.54) is 45.4 Å². The quantitative estimate of drug-likeness (QED) is 0.716. The summed E-state index contributed by atoms with van der Waals surface area (Å²) in [5, 5.41) is 0. The van der Waals surface area contributed by atoms with Gasteiger partial charge in [-0.1, -0.05) is 47.5 Å². The van der Waals surface area contributed by atoms with E-state index in [2.05, 4.69) is 51.5 Å². The molecule has 0 aromatic rings. The van der Waals surface area contributed by atoms with Gasteiger partial charge in [0, 0.05) is 25.7 Å². The zero-order chi connectivity index (χ0) is 13.8. The van der Waals surface area contributed by atoms with Crippen LogP contribution in [0.3, 0.4) is 0 Å². The molecule has 1 aliphatic rings. The van der Waals surface area contributed by atoms with Crippen LogP contribution in [0.2, 0.25) is 0 Å². The molecule has 1 fully saturated rings. The Morgan fingerprint density at radius 2 is 1.72 bits per heavy atom. The van der Waals surface area contributed by atoms with Crippen LogP contribution in [-0.2, 0) is 0 Å². The number of rotatable bonds is 6. The summed E-state index contributed by atoms with van der Waals surface area (Å²) in [6.07, 6.45) is 4.03. The summed E-state index contributed by atoms with van der Waals surface area (Å²) in [6, 6.07) is 0.724. The smallest absolute Gasteiger partial charge is 0.0274 e. The number of likely N-dealkylation sites (N-methyl/N-ethyl adjacent to an activating group) is 2. The van der Waals surface area contributed by atoms with Gasteiger partial charge in [-0.2, -0.15) is 0 Å². The SMILES string of the molecule is CCC(CC)CC(C)(C)C1CN(C)CCN1CC. The second kappa shape index (κ2) is 6.91. The minimum atomic E-state index is 0.432. The lowest BCUT2D eigenvalue weighted by Crippen LogP contribution is -2.57. The maximum absolute atomic E-state index is 2.70. The molecule has 18 heavy (non-hydrogen) atoms. The van der Waals surface area contributed by atoms with Gasteiger partial charge in [-0.25, -0.2) is 0 Å². The average molecular weight is 254 g/mol. The van der Waals surface area contributed by atoms with Gasteiger partial charge in [0.1, 0.15) is 0 Å². The fraction of sp³-hybridized carbons (Fsp3) is 1.00. The minimum absolute atomic E-state index is 0.432. The molecule has 1 atom stereocenters. The number of hydrogen-bond acceptors (Lipinski definition) is 2. The van der Waals surface area contributed by atoms with Crippen molar-refractivity contribution in [2.24, 2.45) is 11.3 Å². The molecule has 2 heteroatoms. The van der Waals surface area contributed by atoms with E-state index in [0.717, 1.165) is 12.0 Å². The number of piperazine rings is 1. The fourth-order valence-electron chi connectivity index (χ4n) is 3.53. The summed E-state index contributed by atoms with van der Waals surface area (Å²) in [7, 11) is 2.27. The van der Waals surface area contributed by atoms with E-state index >= 15 is 0 Å². The average Bonchev–Trinajstić information content (AvgIpc) is 2.36. The van der Waals surface area contributed by atoms with Gasteiger partial charge in [0.25, 0.3) is 0 Å². The van der Waals surface area contributed by atoms with E-state index < -0.39 is 0 Å². The third kappa shape index (κ3) is 3.96. The first-order valence-electron chi connectivity index (χ1n) is 7.87. The van der Waals surface area contributed by atoms with Gasteiger partial charge < -0.3 is 4.90 Å². The Morgan fingerprint density at radius 1 is 1.11 bits per heavy atom. The van der Waals surface area contributed by atoms with Crippen molar-refractivity contribution in [3.05, 3.63) is 0 Å². The Labute approximate surface area is 115 Å². The molecule has 0 spiro atoms. The van der Waals surface area contributed by atoms with Crippen LogP contribution in [0.1, 0.15) is 53.9 Å². The van der Waals surface area contributed by atoms with Crippen LogP contribution in [0.4, 0.5) is 0 Å². The number of hydrogen-bond donors (Lipinski definition) is 0. The monoisotopic (exact) mass is 254 g/mol. The predicted molar refractivity (Wildman–Crippen MR) is 81.0 cm³/mol. The lowest BCUT2D eigenvalue weighted by Gasteiger charge is -2.48. The Hall–Kier alpha value is -0.0800. The van der Waals surface area contributed by atoms with Crippen LogP contribution in [0.25, 0.3) is 0 Å². The molecule has 0 N–H and O–H groups in total. The molecule has 1 heterocycles. The Morgan fingerprint density at radius 3 is 2.22 bits per heavy atom. The Balaban J connectivity index is 2.72. The van der Waals surface area contributed by atoms with Crippen LogP contribution >= 0.6 is 0 Å². The summed E-state index contributed by atoms with van der Waals surface area (Å²) in [5.74, 6) is 0.894. The van der Waals surface area contributed by atoms with Crippen LogP contribution in [-0.4, -0.2) is 49.1 Å². The highest BCUT2D eigenvalue weighted by Crippen LogP contribution is 2.36. The van der Waals surface area contributed by atoms with Crippen molar-refractivity contribution >= 4 is 0 Å². The van der Waals surface area contributed by atoms with E-state index in [4.69, 9.17) is 0 Å². The second-order valence-corrected chi connectivity index (χ2v) is 6.78. The van der Waals surface area contributed by atoms with E-state index in [1.54, 1.807) is 0 Å². The Kier molecular flexibility index (Phi) is 6.13. The van der Waals surface area contributed by atoms with E-state index in [-0.39, 0.29) is 0 Å². The summed E-state index contributed by atoms with van der Waals surface area (Å²) in [6.45, 7) is 16.9.